The first-order chi connectivity index (χ1) is 6.83. The molecule has 78 valence electrons. The maximum absolute atomic E-state index is 11.4. The third-order valence-corrected chi connectivity index (χ3v) is 2.96. The van der Waals surface area contributed by atoms with Gasteiger partial charge in [0.2, 0.25) is 0 Å². The smallest absolute Gasteiger partial charge is 0.132 e. The Morgan fingerprint density at radius 2 is 1.71 bits per heavy atom. The van der Waals surface area contributed by atoms with Crippen molar-refractivity contribution in [1.29, 1.82) is 5.26 Å². The second-order valence-electron chi connectivity index (χ2n) is 4.21. The Morgan fingerprint density at radius 3 is 2.50 bits per heavy atom. The lowest BCUT2D eigenvalue weighted by molar-refractivity contribution is -0.119. The van der Waals surface area contributed by atoms with Crippen LogP contribution in [0.15, 0.2) is 0 Å². The molecule has 0 saturated heterocycles. The van der Waals surface area contributed by atoms with E-state index in [1.165, 1.54) is 19.3 Å². The third-order valence-electron chi connectivity index (χ3n) is 2.96. The summed E-state index contributed by atoms with van der Waals surface area (Å²) >= 11 is 0. The monoisotopic (exact) mass is 193 g/mol. The van der Waals surface area contributed by atoms with Crippen molar-refractivity contribution < 1.29 is 4.79 Å². The normalized spacial score (nSPS) is 26.2. The van der Waals surface area contributed by atoms with Crippen molar-refractivity contribution in [1.82, 2.24) is 0 Å². The first-order valence-corrected chi connectivity index (χ1v) is 5.74. The molecule has 0 amide bonds. The lowest BCUT2D eigenvalue weighted by Gasteiger charge is -2.06. The zero-order valence-corrected chi connectivity index (χ0v) is 8.80. The van der Waals surface area contributed by atoms with E-state index in [2.05, 4.69) is 6.07 Å². The number of rotatable bonds is 0. The fourth-order valence-corrected chi connectivity index (χ4v) is 1.98. The molecule has 0 aromatic rings. The van der Waals surface area contributed by atoms with E-state index in [1.54, 1.807) is 0 Å². The highest BCUT2D eigenvalue weighted by Crippen LogP contribution is 2.19. The van der Waals surface area contributed by atoms with Crippen molar-refractivity contribution in [2.75, 3.05) is 0 Å². The van der Waals surface area contributed by atoms with Crippen molar-refractivity contribution in [3.8, 4) is 6.07 Å². The SMILES string of the molecule is N#CC1CCCCCCCC(=O)CC1. The van der Waals surface area contributed by atoms with Crippen molar-refractivity contribution in [3.05, 3.63) is 0 Å². The number of ketones is 1. The zero-order chi connectivity index (χ0) is 10.2. The lowest BCUT2D eigenvalue weighted by Crippen LogP contribution is -2.03. The highest BCUT2D eigenvalue weighted by molar-refractivity contribution is 5.78. The van der Waals surface area contributed by atoms with E-state index < -0.39 is 0 Å². The molecule has 0 spiro atoms. The van der Waals surface area contributed by atoms with Crippen LogP contribution in [0.3, 0.4) is 0 Å². The van der Waals surface area contributed by atoms with Gasteiger partial charge in [0.15, 0.2) is 0 Å². The van der Waals surface area contributed by atoms with Gasteiger partial charge in [-0.15, -0.1) is 0 Å². The molecule has 1 aliphatic rings. The molecule has 1 fully saturated rings. The van der Waals surface area contributed by atoms with Gasteiger partial charge >= 0.3 is 0 Å². The molecule has 0 bridgehead atoms. The Bertz CT molecular complexity index is 217. The molecule has 0 aliphatic heterocycles. The minimum absolute atomic E-state index is 0.122. The summed E-state index contributed by atoms with van der Waals surface area (Å²) in [7, 11) is 0. The summed E-state index contributed by atoms with van der Waals surface area (Å²) in [5, 5.41) is 8.87. The number of Topliss-reactive ketones (excluding diaryl/α,β-unsaturated/α-hetero) is 1. The first kappa shape index (κ1) is 11.2. The van der Waals surface area contributed by atoms with Gasteiger partial charge in [-0.05, 0) is 19.3 Å². The summed E-state index contributed by atoms with van der Waals surface area (Å²) in [6.07, 6.45) is 8.98. The Kier molecular flexibility index (Phi) is 5.29. The number of hydrogen-bond acceptors (Lipinski definition) is 2. The molecular formula is C12H19NO. The molecule has 0 radical (unpaired) electrons. The van der Waals surface area contributed by atoms with Crippen LogP contribution >= 0.6 is 0 Å². The minimum atomic E-state index is 0.122. The number of nitriles is 1. The summed E-state index contributed by atoms with van der Waals surface area (Å²) in [5.74, 6) is 0.476. The van der Waals surface area contributed by atoms with Gasteiger partial charge in [0.05, 0.1) is 6.07 Å². The highest BCUT2D eigenvalue weighted by Gasteiger charge is 2.11. The van der Waals surface area contributed by atoms with Gasteiger partial charge in [-0.25, -0.2) is 0 Å². The van der Waals surface area contributed by atoms with Gasteiger partial charge < -0.3 is 0 Å². The fourth-order valence-electron chi connectivity index (χ4n) is 1.98. The Labute approximate surface area is 86.3 Å². The lowest BCUT2D eigenvalue weighted by atomic mass is 9.97. The average Bonchev–Trinajstić information content (AvgIpc) is 2.24. The van der Waals surface area contributed by atoms with E-state index in [0.717, 1.165) is 32.1 Å². The maximum atomic E-state index is 11.4. The second-order valence-corrected chi connectivity index (χ2v) is 4.21. The van der Waals surface area contributed by atoms with Gasteiger partial charge in [-0.1, -0.05) is 25.7 Å². The van der Waals surface area contributed by atoms with Crippen LogP contribution < -0.4 is 0 Å². The molecule has 0 N–H and O–H groups in total. The van der Waals surface area contributed by atoms with Gasteiger partial charge in [0, 0.05) is 18.8 Å². The van der Waals surface area contributed by atoms with E-state index in [0.29, 0.717) is 12.2 Å². The number of hydrogen-bond donors (Lipinski definition) is 0. The molecule has 0 aromatic heterocycles. The molecule has 1 aliphatic carbocycles. The topological polar surface area (TPSA) is 40.9 Å². The predicted octanol–water partition coefficient (Wildman–Crippen LogP) is 3.22. The van der Waals surface area contributed by atoms with Gasteiger partial charge in [0.25, 0.3) is 0 Å². The molecule has 0 heterocycles. The summed E-state index contributed by atoms with van der Waals surface area (Å²) in [6.45, 7) is 0. The van der Waals surface area contributed by atoms with E-state index in [1.807, 2.05) is 0 Å². The molecule has 2 nitrogen and oxygen atoms in total. The predicted molar refractivity (Wildman–Crippen MR) is 55.7 cm³/mol. The van der Waals surface area contributed by atoms with Crippen molar-refractivity contribution in [2.45, 2.75) is 57.8 Å². The summed E-state index contributed by atoms with van der Waals surface area (Å²) in [5.41, 5.74) is 0. The first-order valence-electron chi connectivity index (χ1n) is 5.74. The van der Waals surface area contributed by atoms with Crippen molar-refractivity contribution >= 4 is 5.78 Å². The van der Waals surface area contributed by atoms with E-state index in [4.69, 9.17) is 5.26 Å². The van der Waals surface area contributed by atoms with Crippen LogP contribution in [0.2, 0.25) is 0 Å². The fraction of sp³-hybridized carbons (Fsp3) is 0.833. The number of carbonyl (C=O) groups excluding carboxylic acids is 1. The number of carbonyl (C=O) groups is 1. The Balaban J connectivity index is 2.38. The minimum Gasteiger partial charge on any atom is -0.300 e. The van der Waals surface area contributed by atoms with Crippen LogP contribution in [0.5, 0.6) is 0 Å². The van der Waals surface area contributed by atoms with E-state index in [9.17, 15) is 4.79 Å². The van der Waals surface area contributed by atoms with Crippen LogP contribution in [0.1, 0.15) is 57.8 Å². The van der Waals surface area contributed by atoms with Crippen LogP contribution in [0.25, 0.3) is 0 Å². The quantitative estimate of drug-likeness (QED) is 0.592. The van der Waals surface area contributed by atoms with Crippen molar-refractivity contribution in [3.63, 3.8) is 0 Å². The highest BCUT2D eigenvalue weighted by atomic mass is 16.1. The largest absolute Gasteiger partial charge is 0.300 e. The summed E-state index contributed by atoms with van der Waals surface area (Å²) in [4.78, 5) is 11.4. The third kappa shape index (κ3) is 4.41. The van der Waals surface area contributed by atoms with E-state index in [-0.39, 0.29) is 5.92 Å². The van der Waals surface area contributed by atoms with Crippen LogP contribution in [-0.2, 0) is 4.79 Å². The standard InChI is InChI=1S/C12H19NO/c13-10-11-6-4-2-1-3-5-7-12(14)9-8-11/h11H,1-9H2. The second kappa shape index (κ2) is 6.59. The molecule has 14 heavy (non-hydrogen) atoms. The zero-order valence-electron chi connectivity index (χ0n) is 8.80. The van der Waals surface area contributed by atoms with Crippen LogP contribution in [0, 0.1) is 17.2 Å². The molecule has 1 unspecified atom stereocenters. The molecule has 0 aromatic carbocycles. The number of nitrogens with zero attached hydrogens (tertiary/aromatic N) is 1. The van der Waals surface area contributed by atoms with Crippen molar-refractivity contribution in [2.24, 2.45) is 5.92 Å². The molecule has 1 rings (SSSR count). The Hall–Kier alpha value is -0.840. The van der Waals surface area contributed by atoms with Gasteiger partial charge in [-0.2, -0.15) is 5.26 Å². The van der Waals surface area contributed by atoms with E-state index >= 15 is 0 Å². The van der Waals surface area contributed by atoms with Crippen LogP contribution in [0.4, 0.5) is 0 Å². The maximum Gasteiger partial charge on any atom is 0.132 e. The molecule has 1 atom stereocenters. The molecule has 2 heteroatoms. The van der Waals surface area contributed by atoms with Crippen LogP contribution in [-0.4, -0.2) is 5.78 Å². The molecule has 1 saturated carbocycles. The summed E-state index contributed by atoms with van der Waals surface area (Å²) < 4.78 is 0. The van der Waals surface area contributed by atoms with Gasteiger partial charge in [0.1, 0.15) is 5.78 Å². The van der Waals surface area contributed by atoms with Gasteiger partial charge in [-0.3, -0.25) is 4.79 Å². The molecular weight excluding hydrogens is 174 g/mol. The summed E-state index contributed by atoms with van der Waals surface area (Å²) in [6, 6.07) is 2.31. The average molecular weight is 193 g/mol. The Morgan fingerprint density at radius 1 is 1.00 bits per heavy atom.